The number of nitrogens with one attached hydrogen (secondary N) is 1. The molecule has 0 spiro atoms. The molecule has 2 rings (SSSR count). The number of likely N-dealkylation sites (tertiary alicyclic amines) is 1. The van der Waals surface area contributed by atoms with Gasteiger partial charge in [-0.3, -0.25) is 9.78 Å². The van der Waals surface area contributed by atoms with E-state index in [0.29, 0.717) is 23.8 Å². The normalized spacial score (nSPS) is 20.2. The lowest BCUT2D eigenvalue weighted by atomic mass is 10.0. The standard InChI is InChI=1S/C14H21N5O2/c1-19-7-3-2-4-11(19)9-17-14(20)12-6-5-10(8-16-12)13(15)18-21/h5-6,8,11,21H,2-4,7,9H2,1H3,(H2,15,18)(H,17,20). The molecular weight excluding hydrogens is 270 g/mol. The van der Waals surface area contributed by atoms with Gasteiger partial charge in [0, 0.05) is 24.3 Å². The van der Waals surface area contributed by atoms with Gasteiger partial charge in [-0.15, -0.1) is 0 Å². The van der Waals surface area contributed by atoms with Crippen molar-refractivity contribution in [1.29, 1.82) is 0 Å². The number of rotatable bonds is 4. The van der Waals surface area contributed by atoms with E-state index in [9.17, 15) is 4.79 Å². The molecule has 1 atom stereocenters. The van der Waals surface area contributed by atoms with Gasteiger partial charge < -0.3 is 21.2 Å². The minimum Gasteiger partial charge on any atom is -0.409 e. The highest BCUT2D eigenvalue weighted by atomic mass is 16.4. The van der Waals surface area contributed by atoms with Gasteiger partial charge >= 0.3 is 0 Å². The summed E-state index contributed by atoms with van der Waals surface area (Å²) >= 11 is 0. The molecular formula is C14H21N5O2. The third-order valence-corrected chi connectivity index (χ3v) is 3.82. The van der Waals surface area contributed by atoms with Gasteiger partial charge in [-0.2, -0.15) is 0 Å². The summed E-state index contributed by atoms with van der Waals surface area (Å²) in [6.45, 7) is 1.70. The fraction of sp³-hybridized carbons (Fsp3) is 0.500. The Morgan fingerprint density at radius 2 is 2.38 bits per heavy atom. The Hall–Kier alpha value is -2.15. The Morgan fingerprint density at radius 3 is 3.00 bits per heavy atom. The molecule has 1 unspecified atom stereocenters. The first kappa shape index (κ1) is 15.2. The van der Waals surface area contributed by atoms with Crippen LogP contribution >= 0.6 is 0 Å². The topological polar surface area (TPSA) is 104 Å². The molecule has 1 aromatic heterocycles. The quantitative estimate of drug-likeness (QED) is 0.322. The largest absolute Gasteiger partial charge is 0.409 e. The van der Waals surface area contributed by atoms with Crippen molar-refractivity contribution in [2.75, 3.05) is 20.1 Å². The Morgan fingerprint density at radius 1 is 1.57 bits per heavy atom. The zero-order valence-electron chi connectivity index (χ0n) is 12.1. The second kappa shape index (κ2) is 7.03. The van der Waals surface area contributed by atoms with E-state index in [-0.39, 0.29) is 11.7 Å². The Bertz CT molecular complexity index is 515. The average molecular weight is 291 g/mol. The van der Waals surface area contributed by atoms with Crippen molar-refractivity contribution in [2.24, 2.45) is 10.9 Å². The lowest BCUT2D eigenvalue weighted by Gasteiger charge is -2.32. The molecule has 21 heavy (non-hydrogen) atoms. The lowest BCUT2D eigenvalue weighted by molar-refractivity contribution is 0.0923. The molecule has 0 bridgehead atoms. The van der Waals surface area contributed by atoms with Crippen LogP contribution < -0.4 is 11.1 Å². The van der Waals surface area contributed by atoms with Crippen LogP contribution in [0.25, 0.3) is 0 Å². The van der Waals surface area contributed by atoms with Crippen LogP contribution in [-0.2, 0) is 0 Å². The zero-order valence-corrected chi connectivity index (χ0v) is 12.1. The van der Waals surface area contributed by atoms with Crippen LogP contribution in [0.15, 0.2) is 23.5 Å². The molecule has 7 heteroatoms. The minimum atomic E-state index is -0.208. The maximum atomic E-state index is 12.0. The summed E-state index contributed by atoms with van der Waals surface area (Å²) in [5, 5.41) is 14.4. The molecule has 4 N–H and O–H groups in total. The van der Waals surface area contributed by atoms with E-state index in [1.54, 1.807) is 12.1 Å². The third kappa shape index (κ3) is 3.91. The third-order valence-electron chi connectivity index (χ3n) is 3.82. The summed E-state index contributed by atoms with van der Waals surface area (Å²) in [5.41, 5.74) is 6.24. The van der Waals surface area contributed by atoms with Crippen LogP contribution in [0.2, 0.25) is 0 Å². The molecule has 1 fully saturated rings. The van der Waals surface area contributed by atoms with E-state index >= 15 is 0 Å². The molecule has 1 amide bonds. The number of nitrogens with two attached hydrogens (primary N) is 1. The molecule has 0 aliphatic carbocycles. The first-order valence-electron chi connectivity index (χ1n) is 7.04. The van der Waals surface area contributed by atoms with Crippen molar-refractivity contribution in [1.82, 2.24) is 15.2 Å². The first-order valence-corrected chi connectivity index (χ1v) is 7.04. The highest BCUT2D eigenvalue weighted by Gasteiger charge is 2.19. The van der Waals surface area contributed by atoms with Crippen molar-refractivity contribution in [3.8, 4) is 0 Å². The van der Waals surface area contributed by atoms with Crippen LogP contribution in [0.3, 0.4) is 0 Å². The molecule has 7 nitrogen and oxygen atoms in total. The highest BCUT2D eigenvalue weighted by Crippen LogP contribution is 2.14. The fourth-order valence-corrected chi connectivity index (χ4v) is 2.44. The number of amides is 1. The van der Waals surface area contributed by atoms with Gasteiger partial charge in [-0.25, -0.2) is 0 Å². The Balaban J connectivity index is 1.91. The number of pyridine rings is 1. The van der Waals surface area contributed by atoms with Crippen molar-refractivity contribution in [2.45, 2.75) is 25.3 Å². The molecule has 1 aliphatic rings. The Kier molecular flexibility index (Phi) is 5.10. The van der Waals surface area contributed by atoms with E-state index in [0.717, 1.165) is 13.0 Å². The maximum Gasteiger partial charge on any atom is 0.269 e. The van der Waals surface area contributed by atoms with E-state index in [1.807, 2.05) is 0 Å². The summed E-state index contributed by atoms with van der Waals surface area (Å²) in [7, 11) is 2.08. The lowest BCUT2D eigenvalue weighted by Crippen LogP contribution is -2.44. The molecule has 1 aliphatic heterocycles. The number of piperidine rings is 1. The van der Waals surface area contributed by atoms with Crippen LogP contribution in [0, 0.1) is 0 Å². The highest BCUT2D eigenvalue weighted by molar-refractivity contribution is 5.98. The second-order valence-electron chi connectivity index (χ2n) is 5.26. The molecule has 2 heterocycles. The van der Waals surface area contributed by atoms with E-state index in [4.69, 9.17) is 10.9 Å². The monoisotopic (exact) mass is 291 g/mol. The Labute approximate surface area is 123 Å². The van der Waals surface area contributed by atoms with Crippen molar-refractivity contribution in [3.05, 3.63) is 29.6 Å². The number of aromatic nitrogens is 1. The number of carbonyl (C=O) groups excluding carboxylic acids is 1. The molecule has 0 aromatic carbocycles. The predicted octanol–water partition coefficient (Wildman–Crippen LogP) is 0.390. The van der Waals surface area contributed by atoms with Crippen LogP contribution in [0.1, 0.15) is 35.3 Å². The maximum absolute atomic E-state index is 12.0. The molecule has 114 valence electrons. The number of carbonyl (C=O) groups is 1. The van der Waals surface area contributed by atoms with Crippen molar-refractivity contribution < 1.29 is 10.0 Å². The number of hydrogen-bond acceptors (Lipinski definition) is 5. The van der Waals surface area contributed by atoms with Gasteiger partial charge in [0.05, 0.1) is 0 Å². The minimum absolute atomic E-state index is 0.0294. The fourth-order valence-electron chi connectivity index (χ4n) is 2.44. The van der Waals surface area contributed by atoms with E-state index in [1.165, 1.54) is 19.0 Å². The number of hydrogen-bond donors (Lipinski definition) is 3. The SMILES string of the molecule is CN1CCCCC1CNC(=O)c1ccc(C(N)=NO)cn1. The summed E-state index contributed by atoms with van der Waals surface area (Å²) in [5.74, 6) is -0.238. The second-order valence-corrected chi connectivity index (χ2v) is 5.26. The molecule has 0 saturated carbocycles. The molecule has 1 aromatic rings. The van der Waals surface area contributed by atoms with Gasteiger partial charge in [0.1, 0.15) is 5.69 Å². The van der Waals surface area contributed by atoms with Gasteiger partial charge in [0.15, 0.2) is 5.84 Å². The number of oxime groups is 1. The van der Waals surface area contributed by atoms with Crippen molar-refractivity contribution in [3.63, 3.8) is 0 Å². The number of amidine groups is 1. The predicted molar refractivity (Wildman–Crippen MR) is 79.4 cm³/mol. The van der Waals surface area contributed by atoms with Crippen LogP contribution in [0.5, 0.6) is 0 Å². The molecule has 0 radical (unpaired) electrons. The van der Waals surface area contributed by atoms with E-state index in [2.05, 4.69) is 27.4 Å². The molecule has 1 saturated heterocycles. The van der Waals surface area contributed by atoms with E-state index < -0.39 is 0 Å². The van der Waals surface area contributed by atoms with Gasteiger partial charge in [-0.05, 0) is 38.6 Å². The summed E-state index contributed by atoms with van der Waals surface area (Å²) in [6, 6.07) is 3.55. The first-order chi connectivity index (χ1) is 10.1. The van der Waals surface area contributed by atoms with Crippen LogP contribution in [-0.4, -0.2) is 53.0 Å². The van der Waals surface area contributed by atoms with Crippen LogP contribution in [0.4, 0.5) is 0 Å². The average Bonchev–Trinajstić information content (AvgIpc) is 2.53. The van der Waals surface area contributed by atoms with Gasteiger partial charge in [0.25, 0.3) is 5.91 Å². The smallest absolute Gasteiger partial charge is 0.269 e. The zero-order chi connectivity index (χ0) is 15.2. The number of likely N-dealkylation sites (N-methyl/N-ethyl adjacent to an activating group) is 1. The van der Waals surface area contributed by atoms with Crippen molar-refractivity contribution >= 4 is 11.7 Å². The van der Waals surface area contributed by atoms with Gasteiger partial charge in [-0.1, -0.05) is 11.6 Å². The summed E-state index contributed by atoms with van der Waals surface area (Å²) in [6.07, 6.45) is 4.94. The number of nitrogens with zero attached hydrogens (tertiary/aromatic N) is 3. The van der Waals surface area contributed by atoms with Gasteiger partial charge in [0.2, 0.25) is 0 Å². The summed E-state index contributed by atoms with van der Waals surface area (Å²) < 4.78 is 0. The summed E-state index contributed by atoms with van der Waals surface area (Å²) in [4.78, 5) is 18.4.